The molecule has 0 bridgehead atoms. The molecule has 0 atom stereocenters. The molecule has 0 aromatic heterocycles. The molecule has 0 aliphatic heterocycles. The predicted molar refractivity (Wildman–Crippen MR) is 53.3 cm³/mol. The average Bonchev–Trinajstić information content (AvgIpc) is 2.23. The van der Waals surface area contributed by atoms with Crippen LogP contribution in [0, 0.1) is 0 Å². The van der Waals surface area contributed by atoms with Crippen molar-refractivity contribution in [1.29, 1.82) is 0 Å². The van der Waals surface area contributed by atoms with Gasteiger partial charge in [0.1, 0.15) is 0 Å². The van der Waals surface area contributed by atoms with Gasteiger partial charge in [-0.25, -0.2) is 0 Å². The summed E-state index contributed by atoms with van der Waals surface area (Å²) in [7, 11) is 0. The van der Waals surface area contributed by atoms with Crippen LogP contribution in [-0.4, -0.2) is 53.6 Å². The smallest absolute Gasteiger partial charge is 0.165 e. The molecular formula is C10H20O5. The maximum Gasteiger partial charge on any atom is 0.165 e. The Morgan fingerprint density at radius 3 is 2.40 bits per heavy atom. The molecule has 1 rings (SSSR count). The van der Waals surface area contributed by atoms with E-state index in [1.807, 2.05) is 0 Å². The van der Waals surface area contributed by atoms with E-state index in [0.29, 0.717) is 45.5 Å². The van der Waals surface area contributed by atoms with Crippen LogP contribution in [0.2, 0.25) is 0 Å². The fourth-order valence-corrected chi connectivity index (χ4v) is 1.66. The van der Waals surface area contributed by atoms with Crippen molar-refractivity contribution in [3.05, 3.63) is 0 Å². The third-order valence-electron chi connectivity index (χ3n) is 2.57. The second kappa shape index (κ2) is 6.40. The normalized spacial score (nSPS) is 31.8. The number of hydrogen-bond donors (Lipinski definition) is 3. The minimum atomic E-state index is -1.10. The predicted octanol–water partition coefficient (Wildman–Crippen LogP) is -0.365. The standard InChI is InChI=1S/C10H20O5/c11-5-6-14-7-8-15-10(13)3-1-9(12)2-4-10/h9,11-13H,1-8H2. The summed E-state index contributed by atoms with van der Waals surface area (Å²) in [4.78, 5) is 0. The molecule has 1 aliphatic rings. The molecule has 5 nitrogen and oxygen atoms in total. The highest BCUT2D eigenvalue weighted by Gasteiger charge is 2.33. The topological polar surface area (TPSA) is 79.2 Å². The first-order valence-electron chi connectivity index (χ1n) is 5.39. The summed E-state index contributed by atoms with van der Waals surface area (Å²) in [6.07, 6.45) is 1.78. The van der Waals surface area contributed by atoms with E-state index in [0.717, 1.165) is 0 Å². The Hall–Kier alpha value is -0.200. The molecule has 0 heterocycles. The Morgan fingerprint density at radius 2 is 1.80 bits per heavy atom. The number of aliphatic hydroxyl groups excluding tert-OH is 2. The van der Waals surface area contributed by atoms with Gasteiger partial charge in [-0.3, -0.25) is 0 Å². The van der Waals surface area contributed by atoms with E-state index < -0.39 is 5.79 Å². The Bertz CT molecular complexity index is 165. The quantitative estimate of drug-likeness (QED) is 0.420. The van der Waals surface area contributed by atoms with Gasteiger partial charge in [0.2, 0.25) is 0 Å². The van der Waals surface area contributed by atoms with E-state index in [-0.39, 0.29) is 12.7 Å². The molecule has 0 spiro atoms. The van der Waals surface area contributed by atoms with Gasteiger partial charge in [-0.2, -0.15) is 0 Å². The second-order valence-electron chi connectivity index (χ2n) is 3.86. The van der Waals surface area contributed by atoms with Crippen molar-refractivity contribution < 1.29 is 24.8 Å². The van der Waals surface area contributed by atoms with Gasteiger partial charge >= 0.3 is 0 Å². The first kappa shape index (κ1) is 12.9. The van der Waals surface area contributed by atoms with Crippen LogP contribution in [0.4, 0.5) is 0 Å². The zero-order chi connectivity index (χ0) is 11.1. The Morgan fingerprint density at radius 1 is 1.13 bits per heavy atom. The van der Waals surface area contributed by atoms with Gasteiger partial charge in [0, 0.05) is 12.8 Å². The van der Waals surface area contributed by atoms with Crippen LogP contribution >= 0.6 is 0 Å². The Balaban J connectivity index is 2.08. The van der Waals surface area contributed by atoms with Crippen LogP contribution in [0.3, 0.4) is 0 Å². The van der Waals surface area contributed by atoms with Crippen LogP contribution in [0.5, 0.6) is 0 Å². The lowest BCUT2D eigenvalue weighted by Gasteiger charge is -2.33. The first-order chi connectivity index (χ1) is 7.16. The van der Waals surface area contributed by atoms with Gasteiger partial charge in [0.25, 0.3) is 0 Å². The third-order valence-corrected chi connectivity index (χ3v) is 2.57. The summed E-state index contributed by atoms with van der Waals surface area (Å²) < 4.78 is 10.3. The second-order valence-corrected chi connectivity index (χ2v) is 3.86. The molecule has 5 heteroatoms. The molecule has 0 saturated heterocycles. The molecule has 0 unspecified atom stereocenters. The molecule has 0 radical (unpaired) electrons. The highest BCUT2D eigenvalue weighted by atomic mass is 16.6. The van der Waals surface area contributed by atoms with Gasteiger partial charge in [-0.1, -0.05) is 0 Å². The third kappa shape index (κ3) is 4.90. The maximum atomic E-state index is 9.91. The zero-order valence-electron chi connectivity index (χ0n) is 8.89. The fourth-order valence-electron chi connectivity index (χ4n) is 1.66. The monoisotopic (exact) mass is 220 g/mol. The zero-order valence-corrected chi connectivity index (χ0v) is 8.89. The van der Waals surface area contributed by atoms with Crippen LogP contribution in [0.1, 0.15) is 25.7 Å². The number of aliphatic hydroxyl groups is 3. The van der Waals surface area contributed by atoms with E-state index in [1.165, 1.54) is 0 Å². The summed E-state index contributed by atoms with van der Waals surface area (Å²) in [6, 6.07) is 0. The lowest BCUT2D eigenvalue weighted by molar-refractivity contribution is -0.233. The van der Waals surface area contributed by atoms with Gasteiger partial charge in [-0.15, -0.1) is 0 Å². The first-order valence-corrected chi connectivity index (χ1v) is 5.39. The van der Waals surface area contributed by atoms with Gasteiger partial charge in [0.15, 0.2) is 5.79 Å². The van der Waals surface area contributed by atoms with Crippen molar-refractivity contribution >= 4 is 0 Å². The molecule has 0 aromatic carbocycles. The van der Waals surface area contributed by atoms with Crippen molar-refractivity contribution in [1.82, 2.24) is 0 Å². The minimum absolute atomic E-state index is 0.00351. The lowest BCUT2D eigenvalue weighted by atomic mass is 9.92. The number of ether oxygens (including phenoxy) is 2. The summed E-state index contributed by atoms with van der Waals surface area (Å²) in [5.74, 6) is -1.10. The van der Waals surface area contributed by atoms with Crippen molar-refractivity contribution in [2.75, 3.05) is 26.4 Å². The molecule has 90 valence electrons. The van der Waals surface area contributed by atoms with Crippen molar-refractivity contribution in [3.63, 3.8) is 0 Å². The van der Waals surface area contributed by atoms with E-state index in [1.54, 1.807) is 0 Å². The molecule has 1 saturated carbocycles. The van der Waals surface area contributed by atoms with E-state index in [9.17, 15) is 10.2 Å². The van der Waals surface area contributed by atoms with Crippen molar-refractivity contribution in [3.8, 4) is 0 Å². The summed E-state index contributed by atoms with van der Waals surface area (Å²) in [5.41, 5.74) is 0. The van der Waals surface area contributed by atoms with E-state index in [2.05, 4.69) is 0 Å². The van der Waals surface area contributed by atoms with Gasteiger partial charge in [-0.05, 0) is 12.8 Å². The van der Waals surface area contributed by atoms with Crippen LogP contribution in [0.15, 0.2) is 0 Å². The number of hydrogen-bond acceptors (Lipinski definition) is 5. The summed E-state index contributed by atoms with van der Waals surface area (Å²) in [6.45, 7) is 0.967. The SMILES string of the molecule is OCCOCCOC1(O)CCC(O)CC1. The molecular weight excluding hydrogens is 200 g/mol. The average molecular weight is 220 g/mol. The van der Waals surface area contributed by atoms with E-state index >= 15 is 0 Å². The minimum Gasteiger partial charge on any atom is -0.394 e. The van der Waals surface area contributed by atoms with Gasteiger partial charge < -0.3 is 24.8 Å². The molecule has 0 aromatic rings. The molecule has 15 heavy (non-hydrogen) atoms. The summed E-state index contributed by atoms with van der Waals surface area (Å²) in [5, 5.41) is 27.6. The lowest BCUT2D eigenvalue weighted by Crippen LogP contribution is -2.39. The molecule has 1 fully saturated rings. The molecule has 0 amide bonds. The van der Waals surface area contributed by atoms with Crippen LogP contribution < -0.4 is 0 Å². The van der Waals surface area contributed by atoms with Crippen molar-refractivity contribution in [2.45, 2.75) is 37.6 Å². The number of rotatable bonds is 6. The van der Waals surface area contributed by atoms with Crippen molar-refractivity contribution in [2.24, 2.45) is 0 Å². The van der Waals surface area contributed by atoms with Crippen LogP contribution in [-0.2, 0) is 9.47 Å². The van der Waals surface area contributed by atoms with Crippen LogP contribution in [0.25, 0.3) is 0 Å². The summed E-state index contributed by atoms with van der Waals surface area (Å²) >= 11 is 0. The maximum absolute atomic E-state index is 9.91. The van der Waals surface area contributed by atoms with E-state index in [4.69, 9.17) is 14.6 Å². The molecule has 1 aliphatic carbocycles. The largest absolute Gasteiger partial charge is 0.394 e. The molecule has 3 N–H and O–H groups in total. The fraction of sp³-hybridized carbons (Fsp3) is 1.00. The highest BCUT2D eigenvalue weighted by Crippen LogP contribution is 2.29. The Labute approximate surface area is 89.6 Å². The Kier molecular flexibility index (Phi) is 5.49. The van der Waals surface area contributed by atoms with Gasteiger partial charge in [0.05, 0.1) is 32.5 Å². The highest BCUT2D eigenvalue weighted by molar-refractivity contribution is 4.77.